The van der Waals surface area contributed by atoms with Crippen molar-refractivity contribution in [3.8, 4) is 0 Å². The number of carbonyl (C=O) groups excluding carboxylic acids is 1. The molecule has 0 unspecified atom stereocenters. The molecule has 0 saturated carbocycles. The van der Waals surface area contributed by atoms with Crippen LogP contribution in [-0.4, -0.2) is 52.7 Å². The molecular weight excluding hydrogens is 276 g/mol. The fraction of sp³-hybridized carbons (Fsp3) is 0.500. The second kappa shape index (κ2) is 7.03. The van der Waals surface area contributed by atoms with E-state index >= 15 is 0 Å². The molecule has 21 heavy (non-hydrogen) atoms. The number of piperidine rings is 1. The van der Waals surface area contributed by atoms with Crippen LogP contribution in [0, 0.1) is 0 Å². The maximum atomic E-state index is 12.2. The van der Waals surface area contributed by atoms with Gasteiger partial charge >= 0.3 is 5.97 Å². The molecule has 2 N–H and O–H groups in total. The molecule has 0 aromatic carbocycles. The van der Waals surface area contributed by atoms with E-state index in [4.69, 9.17) is 9.84 Å². The van der Waals surface area contributed by atoms with E-state index < -0.39 is 5.97 Å². The van der Waals surface area contributed by atoms with E-state index in [2.05, 4.69) is 4.98 Å². The molecule has 1 saturated heterocycles. The third kappa shape index (κ3) is 4.16. The number of likely N-dealkylation sites (tertiary alicyclic amines) is 1. The fourth-order valence-corrected chi connectivity index (χ4v) is 2.30. The minimum atomic E-state index is -0.883. The van der Waals surface area contributed by atoms with Gasteiger partial charge in [0.2, 0.25) is 0 Å². The third-order valence-electron chi connectivity index (χ3n) is 3.45. The van der Waals surface area contributed by atoms with Gasteiger partial charge in [-0.15, -0.1) is 0 Å². The second-order valence-corrected chi connectivity index (χ2v) is 4.92. The Hall–Kier alpha value is -2.15. The summed E-state index contributed by atoms with van der Waals surface area (Å²) in [5.74, 6) is -1.16. The number of rotatable bonds is 5. The van der Waals surface area contributed by atoms with Crippen molar-refractivity contribution >= 4 is 11.9 Å². The van der Waals surface area contributed by atoms with Crippen molar-refractivity contribution in [2.45, 2.75) is 25.4 Å². The molecule has 0 bridgehead atoms. The first-order valence-corrected chi connectivity index (χ1v) is 6.88. The molecular formula is C14H18N2O5. The predicted octanol–water partition coefficient (Wildman–Crippen LogP) is 0.471. The number of hydrogen-bond acceptors (Lipinski definition) is 4. The summed E-state index contributed by atoms with van der Waals surface area (Å²) in [5.41, 5.74) is -0.245. The molecule has 0 atom stereocenters. The van der Waals surface area contributed by atoms with Gasteiger partial charge in [-0.25, -0.2) is 0 Å². The van der Waals surface area contributed by atoms with Crippen LogP contribution in [0.5, 0.6) is 0 Å². The van der Waals surface area contributed by atoms with Crippen LogP contribution in [0.1, 0.15) is 29.6 Å². The Morgan fingerprint density at radius 3 is 2.71 bits per heavy atom. The number of hydrogen-bond donors (Lipinski definition) is 2. The fourth-order valence-electron chi connectivity index (χ4n) is 2.30. The molecule has 1 amide bonds. The smallest absolute Gasteiger partial charge is 0.305 e. The van der Waals surface area contributed by atoms with Crippen LogP contribution in [0.25, 0.3) is 0 Å². The number of carbonyl (C=O) groups is 2. The van der Waals surface area contributed by atoms with Gasteiger partial charge in [0.15, 0.2) is 0 Å². The highest BCUT2D eigenvalue weighted by molar-refractivity contribution is 5.93. The molecule has 1 aliphatic heterocycles. The van der Waals surface area contributed by atoms with Crippen LogP contribution in [0.4, 0.5) is 0 Å². The lowest BCUT2D eigenvalue weighted by Gasteiger charge is -2.31. The molecule has 2 heterocycles. The molecule has 1 fully saturated rings. The van der Waals surface area contributed by atoms with E-state index in [0.717, 1.165) is 0 Å². The van der Waals surface area contributed by atoms with Crippen molar-refractivity contribution in [1.29, 1.82) is 0 Å². The van der Waals surface area contributed by atoms with Gasteiger partial charge < -0.3 is 19.7 Å². The second-order valence-electron chi connectivity index (χ2n) is 4.92. The Morgan fingerprint density at radius 2 is 2.10 bits per heavy atom. The summed E-state index contributed by atoms with van der Waals surface area (Å²) < 4.78 is 5.46. The van der Waals surface area contributed by atoms with Crippen LogP contribution < -0.4 is 5.56 Å². The molecule has 1 aromatic rings. The summed E-state index contributed by atoms with van der Waals surface area (Å²) in [6, 6.07) is 3.13. The van der Waals surface area contributed by atoms with Crippen LogP contribution in [0.2, 0.25) is 0 Å². The number of H-pyrrole nitrogens is 1. The zero-order valence-corrected chi connectivity index (χ0v) is 11.6. The summed E-state index contributed by atoms with van der Waals surface area (Å²) >= 11 is 0. The lowest BCUT2D eigenvalue weighted by Crippen LogP contribution is -2.42. The Kier molecular flexibility index (Phi) is 5.10. The summed E-state index contributed by atoms with van der Waals surface area (Å²) in [7, 11) is 0. The lowest BCUT2D eigenvalue weighted by atomic mass is 10.1. The number of aromatic nitrogens is 1. The van der Waals surface area contributed by atoms with Crippen molar-refractivity contribution < 1.29 is 19.4 Å². The van der Waals surface area contributed by atoms with Crippen molar-refractivity contribution in [3.05, 3.63) is 34.2 Å². The Bertz CT molecular complexity index is 560. The molecule has 1 aromatic heterocycles. The maximum Gasteiger partial charge on any atom is 0.305 e. The lowest BCUT2D eigenvalue weighted by molar-refractivity contribution is -0.138. The molecule has 7 nitrogen and oxygen atoms in total. The van der Waals surface area contributed by atoms with E-state index in [9.17, 15) is 14.4 Å². The number of aliphatic carboxylic acids is 1. The number of pyridine rings is 1. The van der Waals surface area contributed by atoms with Crippen molar-refractivity contribution in [1.82, 2.24) is 9.88 Å². The summed E-state index contributed by atoms with van der Waals surface area (Å²) in [5, 5.41) is 8.54. The highest BCUT2D eigenvalue weighted by Gasteiger charge is 2.25. The van der Waals surface area contributed by atoms with Crippen molar-refractivity contribution in [2.75, 3.05) is 19.7 Å². The Morgan fingerprint density at radius 1 is 1.38 bits per heavy atom. The van der Waals surface area contributed by atoms with E-state index in [1.807, 2.05) is 0 Å². The van der Waals surface area contributed by atoms with Gasteiger partial charge in [-0.3, -0.25) is 14.4 Å². The first-order valence-electron chi connectivity index (χ1n) is 6.88. The highest BCUT2D eigenvalue weighted by Crippen LogP contribution is 2.15. The predicted molar refractivity (Wildman–Crippen MR) is 74.2 cm³/mol. The van der Waals surface area contributed by atoms with Crippen LogP contribution in [-0.2, 0) is 9.53 Å². The summed E-state index contributed by atoms with van der Waals surface area (Å²) in [4.78, 5) is 38.3. The highest BCUT2D eigenvalue weighted by atomic mass is 16.5. The minimum absolute atomic E-state index is 0.0153. The van der Waals surface area contributed by atoms with Gasteiger partial charge in [0, 0.05) is 19.3 Å². The van der Waals surface area contributed by atoms with Crippen LogP contribution in [0.3, 0.4) is 0 Å². The van der Waals surface area contributed by atoms with Crippen molar-refractivity contribution in [3.63, 3.8) is 0 Å². The minimum Gasteiger partial charge on any atom is -0.481 e. The third-order valence-corrected chi connectivity index (χ3v) is 3.45. The number of aromatic amines is 1. The molecule has 0 spiro atoms. The largest absolute Gasteiger partial charge is 0.481 e. The monoisotopic (exact) mass is 294 g/mol. The quantitative estimate of drug-likeness (QED) is 0.822. The molecule has 114 valence electrons. The first-order chi connectivity index (χ1) is 10.1. The molecule has 7 heteroatoms. The van der Waals surface area contributed by atoms with Crippen molar-refractivity contribution in [2.24, 2.45) is 0 Å². The van der Waals surface area contributed by atoms with Crippen LogP contribution >= 0.6 is 0 Å². The summed E-state index contributed by atoms with van der Waals surface area (Å²) in [6.45, 7) is 1.20. The zero-order chi connectivity index (χ0) is 15.2. The zero-order valence-electron chi connectivity index (χ0n) is 11.6. The Labute approximate surface area is 121 Å². The van der Waals surface area contributed by atoms with Gasteiger partial charge in [0.25, 0.3) is 11.5 Å². The Balaban J connectivity index is 1.84. The van der Waals surface area contributed by atoms with E-state index in [0.29, 0.717) is 25.9 Å². The van der Waals surface area contributed by atoms with E-state index in [1.165, 1.54) is 12.3 Å². The number of nitrogens with zero attached hydrogens (tertiary/aromatic N) is 1. The SMILES string of the molecule is O=C(O)CCOC1CCN(C(=O)c2ccc[nH]c2=O)CC1. The topological polar surface area (TPSA) is 99.7 Å². The number of nitrogens with one attached hydrogen (secondary N) is 1. The molecule has 2 rings (SSSR count). The van der Waals surface area contributed by atoms with Gasteiger partial charge in [-0.2, -0.15) is 0 Å². The van der Waals surface area contributed by atoms with Gasteiger partial charge in [0.05, 0.1) is 19.1 Å². The molecule has 1 aliphatic rings. The van der Waals surface area contributed by atoms with E-state index in [1.54, 1.807) is 11.0 Å². The van der Waals surface area contributed by atoms with Gasteiger partial charge in [-0.05, 0) is 25.0 Å². The number of amides is 1. The van der Waals surface area contributed by atoms with E-state index in [-0.39, 0.29) is 36.2 Å². The first kappa shape index (κ1) is 15.2. The van der Waals surface area contributed by atoms with Gasteiger partial charge in [-0.1, -0.05) is 0 Å². The molecule has 0 aliphatic carbocycles. The average Bonchev–Trinajstić information content (AvgIpc) is 2.47. The molecule has 0 radical (unpaired) electrons. The maximum absolute atomic E-state index is 12.2. The average molecular weight is 294 g/mol. The summed E-state index contributed by atoms with van der Waals surface area (Å²) in [6.07, 6.45) is 2.74. The van der Waals surface area contributed by atoms with Gasteiger partial charge in [0.1, 0.15) is 5.56 Å². The van der Waals surface area contributed by atoms with Crippen LogP contribution in [0.15, 0.2) is 23.1 Å². The number of carboxylic acids is 1. The normalized spacial score (nSPS) is 15.9. The standard InChI is InChI=1S/C14H18N2O5/c17-12(18)5-9-21-10-3-7-16(8-4-10)14(20)11-2-1-6-15-13(11)19/h1-2,6,10H,3-5,7-9H2,(H,15,19)(H,17,18). The number of ether oxygens (including phenoxy) is 1. The number of carboxylic acid groups (broad SMARTS) is 1.